The lowest BCUT2D eigenvalue weighted by Crippen LogP contribution is -2.48. The molecule has 4 heteroatoms. The number of ketones is 1. The number of benzene rings is 1. The van der Waals surface area contributed by atoms with Crippen LogP contribution in [0.1, 0.15) is 44.1 Å². The number of hydrogen-bond acceptors (Lipinski definition) is 3. The highest BCUT2D eigenvalue weighted by atomic mass is 16.6. The monoisotopic (exact) mass is 299 g/mol. The molecule has 1 amide bonds. The number of ether oxygens (including phenoxy) is 1. The number of nitrogens with one attached hydrogen (secondary N) is 1. The molecule has 22 heavy (non-hydrogen) atoms. The zero-order chi connectivity index (χ0) is 15.4. The molecule has 0 aliphatic heterocycles. The third-order valence-corrected chi connectivity index (χ3v) is 4.38. The van der Waals surface area contributed by atoms with E-state index in [9.17, 15) is 9.59 Å². The lowest BCUT2D eigenvalue weighted by molar-refractivity contribution is -0.126. The second-order valence-corrected chi connectivity index (χ2v) is 6.02. The van der Waals surface area contributed by atoms with Gasteiger partial charge in [-0.2, -0.15) is 0 Å². The quantitative estimate of drug-likeness (QED) is 0.929. The lowest BCUT2D eigenvalue weighted by atomic mass is 9.91. The maximum absolute atomic E-state index is 11.7. The summed E-state index contributed by atoms with van der Waals surface area (Å²) in [5, 5.41) is 2.64. The van der Waals surface area contributed by atoms with Crippen LogP contribution < -0.4 is 5.32 Å². The lowest BCUT2D eigenvalue weighted by Gasteiger charge is -2.28. The van der Waals surface area contributed by atoms with Gasteiger partial charge in [0.25, 0.3) is 0 Å². The van der Waals surface area contributed by atoms with Crippen molar-refractivity contribution < 1.29 is 14.3 Å². The summed E-state index contributed by atoms with van der Waals surface area (Å²) < 4.78 is 5.42. The zero-order valence-corrected chi connectivity index (χ0v) is 12.6. The fraction of sp³-hybridized carbons (Fsp3) is 0.444. The minimum Gasteiger partial charge on any atom is -0.446 e. The summed E-state index contributed by atoms with van der Waals surface area (Å²) in [4.78, 5) is 22.9. The maximum Gasteiger partial charge on any atom is 0.407 e. The Balaban J connectivity index is 1.44. The predicted octanol–water partition coefficient (Wildman–Crippen LogP) is 3.47. The van der Waals surface area contributed by atoms with Crippen LogP contribution in [0.4, 0.5) is 4.79 Å². The maximum atomic E-state index is 11.7. The van der Waals surface area contributed by atoms with Gasteiger partial charge in [-0.1, -0.05) is 42.0 Å². The molecule has 3 rings (SSSR count). The van der Waals surface area contributed by atoms with Crippen LogP contribution in [0.25, 0.3) is 6.08 Å². The van der Waals surface area contributed by atoms with E-state index in [4.69, 9.17) is 4.74 Å². The van der Waals surface area contributed by atoms with E-state index in [-0.39, 0.29) is 17.9 Å². The normalized spacial score (nSPS) is 24.4. The highest BCUT2D eigenvalue weighted by molar-refractivity contribution is 5.92. The number of rotatable bonds is 3. The third-order valence-electron chi connectivity index (χ3n) is 4.38. The molecule has 4 nitrogen and oxygen atoms in total. The van der Waals surface area contributed by atoms with Crippen LogP contribution in [-0.4, -0.2) is 24.0 Å². The molecule has 116 valence electrons. The van der Waals surface area contributed by atoms with Crippen molar-refractivity contribution in [2.24, 2.45) is 0 Å². The van der Waals surface area contributed by atoms with Gasteiger partial charge < -0.3 is 10.1 Å². The van der Waals surface area contributed by atoms with Gasteiger partial charge in [-0.25, -0.2) is 4.79 Å². The Labute approximate surface area is 130 Å². The summed E-state index contributed by atoms with van der Waals surface area (Å²) in [7, 11) is 0. The van der Waals surface area contributed by atoms with Crippen LogP contribution in [0.2, 0.25) is 0 Å². The van der Waals surface area contributed by atoms with Gasteiger partial charge >= 0.3 is 6.09 Å². The second-order valence-electron chi connectivity index (χ2n) is 6.02. The minimum atomic E-state index is -0.446. The molecule has 1 aromatic carbocycles. The molecule has 2 saturated carbocycles. The first kappa shape index (κ1) is 14.8. The van der Waals surface area contributed by atoms with Crippen molar-refractivity contribution in [3.05, 3.63) is 41.5 Å². The predicted molar refractivity (Wildman–Crippen MR) is 84.3 cm³/mol. The first-order valence-electron chi connectivity index (χ1n) is 7.95. The molecule has 2 aliphatic rings. The number of Topliss-reactive ketones (excluding diaryl/α,β-unsaturated/α-hetero) is 1. The van der Waals surface area contributed by atoms with Crippen molar-refractivity contribution >= 4 is 18.0 Å². The van der Waals surface area contributed by atoms with Crippen LogP contribution >= 0.6 is 0 Å². The SMILES string of the molecule is O=C(N[C@@H]1CCC1=O)OC1CCC(=Cc2ccccc2)CC1. The molecule has 0 unspecified atom stereocenters. The van der Waals surface area contributed by atoms with Gasteiger partial charge in [0.2, 0.25) is 0 Å². The molecule has 0 spiro atoms. The van der Waals surface area contributed by atoms with Gasteiger partial charge in [-0.15, -0.1) is 0 Å². The molecule has 0 bridgehead atoms. The van der Waals surface area contributed by atoms with Gasteiger partial charge in [0.05, 0.1) is 6.04 Å². The molecular formula is C18H21NO3. The van der Waals surface area contributed by atoms with Gasteiger partial charge in [-0.05, 0) is 37.7 Å². The van der Waals surface area contributed by atoms with Crippen LogP contribution in [0.15, 0.2) is 35.9 Å². The van der Waals surface area contributed by atoms with Crippen molar-refractivity contribution in [3.63, 3.8) is 0 Å². The van der Waals surface area contributed by atoms with E-state index in [1.54, 1.807) is 0 Å². The topological polar surface area (TPSA) is 55.4 Å². The number of allylic oxidation sites excluding steroid dienone is 1. The molecule has 1 atom stereocenters. The minimum absolute atomic E-state index is 0.0388. The van der Waals surface area contributed by atoms with E-state index in [1.165, 1.54) is 11.1 Å². The first-order chi connectivity index (χ1) is 10.7. The standard InChI is InChI=1S/C18H21NO3/c20-17-11-10-16(17)19-18(21)22-15-8-6-14(7-9-15)12-13-4-2-1-3-5-13/h1-5,12,15-16H,6-11H2,(H,19,21)/t15?,16-/m1/s1. The molecule has 0 saturated heterocycles. The van der Waals surface area contributed by atoms with E-state index in [0.29, 0.717) is 6.42 Å². The number of alkyl carbamates (subject to hydrolysis) is 1. The van der Waals surface area contributed by atoms with Crippen molar-refractivity contribution in [1.82, 2.24) is 5.32 Å². The largest absolute Gasteiger partial charge is 0.446 e. The highest BCUT2D eigenvalue weighted by Crippen LogP contribution is 2.27. The average Bonchev–Trinajstić information content (AvgIpc) is 2.54. The molecule has 1 N–H and O–H groups in total. The van der Waals surface area contributed by atoms with Crippen LogP contribution in [0, 0.1) is 0 Å². The van der Waals surface area contributed by atoms with Gasteiger partial charge in [0, 0.05) is 6.42 Å². The molecule has 0 aromatic heterocycles. The van der Waals surface area contributed by atoms with Crippen LogP contribution in [-0.2, 0) is 9.53 Å². The third kappa shape index (κ3) is 3.75. The van der Waals surface area contributed by atoms with Crippen molar-refractivity contribution in [2.75, 3.05) is 0 Å². The Bertz CT molecular complexity index is 569. The Morgan fingerprint density at radius 2 is 1.82 bits per heavy atom. The van der Waals surface area contributed by atoms with Gasteiger partial charge in [-0.3, -0.25) is 4.79 Å². The van der Waals surface area contributed by atoms with Crippen molar-refractivity contribution in [1.29, 1.82) is 0 Å². The highest BCUT2D eigenvalue weighted by Gasteiger charge is 2.30. The molecular weight excluding hydrogens is 278 g/mol. The molecule has 0 heterocycles. The Kier molecular flexibility index (Phi) is 4.56. The number of carbonyl (C=O) groups excluding carboxylic acids is 2. The van der Waals surface area contributed by atoms with E-state index in [2.05, 4.69) is 23.5 Å². The summed E-state index contributed by atoms with van der Waals surface area (Å²) in [5.41, 5.74) is 2.62. The Hall–Kier alpha value is -2.10. The van der Waals surface area contributed by atoms with E-state index >= 15 is 0 Å². The van der Waals surface area contributed by atoms with E-state index < -0.39 is 6.09 Å². The van der Waals surface area contributed by atoms with Crippen molar-refractivity contribution in [2.45, 2.75) is 50.7 Å². The van der Waals surface area contributed by atoms with E-state index in [0.717, 1.165) is 32.1 Å². The van der Waals surface area contributed by atoms with Crippen LogP contribution in [0.5, 0.6) is 0 Å². The summed E-state index contributed by atoms with van der Waals surface area (Å²) in [6.07, 6.45) is 6.66. The Morgan fingerprint density at radius 1 is 1.09 bits per heavy atom. The fourth-order valence-electron chi connectivity index (χ4n) is 2.90. The number of carbonyl (C=O) groups is 2. The molecule has 0 radical (unpaired) electrons. The van der Waals surface area contributed by atoms with Crippen LogP contribution in [0.3, 0.4) is 0 Å². The smallest absolute Gasteiger partial charge is 0.407 e. The summed E-state index contributed by atoms with van der Waals surface area (Å²) in [6.45, 7) is 0. The van der Waals surface area contributed by atoms with E-state index in [1.807, 2.05) is 18.2 Å². The van der Waals surface area contributed by atoms with Gasteiger partial charge in [0.15, 0.2) is 5.78 Å². The number of hydrogen-bond donors (Lipinski definition) is 1. The first-order valence-corrected chi connectivity index (χ1v) is 7.95. The average molecular weight is 299 g/mol. The summed E-state index contributed by atoms with van der Waals surface area (Å²) >= 11 is 0. The van der Waals surface area contributed by atoms with Crippen molar-refractivity contribution in [3.8, 4) is 0 Å². The second kappa shape index (κ2) is 6.77. The Morgan fingerprint density at radius 3 is 2.41 bits per heavy atom. The summed E-state index contributed by atoms with van der Waals surface area (Å²) in [5.74, 6) is 0.105. The fourth-order valence-corrected chi connectivity index (χ4v) is 2.90. The summed E-state index contributed by atoms with van der Waals surface area (Å²) in [6, 6.07) is 9.96. The molecule has 1 aromatic rings. The number of amides is 1. The molecule has 2 aliphatic carbocycles. The molecule has 2 fully saturated rings. The zero-order valence-electron chi connectivity index (χ0n) is 12.6. The van der Waals surface area contributed by atoms with Gasteiger partial charge in [0.1, 0.15) is 6.10 Å².